The van der Waals surface area contributed by atoms with Crippen LogP contribution >= 0.6 is 0 Å². The van der Waals surface area contributed by atoms with Gasteiger partial charge in [-0.25, -0.2) is 8.78 Å². The van der Waals surface area contributed by atoms with Gasteiger partial charge in [0.2, 0.25) is 5.91 Å². The lowest BCUT2D eigenvalue weighted by atomic mass is 9.88. The first-order chi connectivity index (χ1) is 16.9. The first kappa shape index (κ1) is 25.2. The van der Waals surface area contributed by atoms with Crippen LogP contribution in [0.1, 0.15) is 49.1 Å². The van der Waals surface area contributed by atoms with Gasteiger partial charge in [0.1, 0.15) is 11.6 Å². The van der Waals surface area contributed by atoms with Gasteiger partial charge < -0.3 is 19.7 Å². The third-order valence-electron chi connectivity index (χ3n) is 7.18. The number of ether oxygens (including phenoxy) is 2. The van der Waals surface area contributed by atoms with E-state index in [0.717, 1.165) is 69.3 Å². The van der Waals surface area contributed by atoms with E-state index in [1.54, 1.807) is 14.2 Å². The number of hydrogen-bond acceptors (Lipinski definition) is 4. The number of hydrogen-bond donors (Lipinski definition) is 1. The lowest BCUT2D eigenvalue weighted by Gasteiger charge is -2.34. The van der Waals surface area contributed by atoms with Crippen LogP contribution in [0.3, 0.4) is 0 Å². The highest BCUT2D eigenvalue weighted by molar-refractivity contribution is 5.91. The number of halogens is 2. The van der Waals surface area contributed by atoms with Crippen LogP contribution in [0.2, 0.25) is 0 Å². The van der Waals surface area contributed by atoms with E-state index >= 15 is 0 Å². The van der Waals surface area contributed by atoms with Crippen molar-refractivity contribution in [3.63, 3.8) is 0 Å². The van der Waals surface area contributed by atoms with Crippen LogP contribution < -0.4 is 14.8 Å². The minimum absolute atomic E-state index is 0.144. The molecule has 0 unspecified atom stereocenters. The molecule has 35 heavy (non-hydrogen) atoms. The number of carbonyl (C=O) groups excluding carboxylic acids is 1. The fraction of sp³-hybridized carbons (Fsp3) is 0.464. The van der Waals surface area contributed by atoms with Crippen LogP contribution in [0.4, 0.5) is 8.78 Å². The topological polar surface area (TPSA) is 50.8 Å². The summed E-state index contributed by atoms with van der Waals surface area (Å²) >= 11 is 0. The van der Waals surface area contributed by atoms with Gasteiger partial charge >= 0.3 is 0 Å². The summed E-state index contributed by atoms with van der Waals surface area (Å²) in [6.45, 7) is 3.20. The number of nitrogens with zero attached hydrogens (tertiary/aromatic N) is 1. The molecule has 2 atom stereocenters. The summed E-state index contributed by atoms with van der Waals surface area (Å²) in [4.78, 5) is 14.8. The molecular weight excluding hydrogens is 450 g/mol. The van der Waals surface area contributed by atoms with Crippen molar-refractivity contribution >= 4 is 12.0 Å². The molecule has 1 heterocycles. The first-order valence-corrected chi connectivity index (χ1v) is 12.3. The number of piperidine rings is 1. The van der Waals surface area contributed by atoms with E-state index in [4.69, 9.17) is 9.47 Å². The van der Waals surface area contributed by atoms with Crippen molar-refractivity contribution in [3.05, 3.63) is 65.2 Å². The van der Waals surface area contributed by atoms with E-state index in [9.17, 15) is 13.6 Å². The van der Waals surface area contributed by atoms with Crippen LogP contribution in [-0.4, -0.2) is 50.7 Å². The zero-order valence-electron chi connectivity index (χ0n) is 20.4. The molecule has 1 aliphatic carbocycles. The summed E-state index contributed by atoms with van der Waals surface area (Å²) in [5.74, 6) is 1.10. The molecule has 1 saturated heterocycles. The molecule has 1 N–H and O–H groups in total. The highest BCUT2D eigenvalue weighted by atomic mass is 19.1. The third-order valence-corrected chi connectivity index (χ3v) is 7.18. The Morgan fingerprint density at radius 1 is 1.00 bits per heavy atom. The number of methoxy groups -OCH3 is 2. The number of amides is 1. The number of nitrogens with one attached hydrogen (secondary N) is 1. The molecule has 1 saturated carbocycles. The maximum absolute atomic E-state index is 13.3. The fourth-order valence-electron chi connectivity index (χ4n) is 5.39. The van der Waals surface area contributed by atoms with Gasteiger partial charge in [-0.3, -0.25) is 4.79 Å². The number of benzene rings is 2. The predicted molar refractivity (Wildman–Crippen MR) is 133 cm³/mol. The molecule has 2 fully saturated rings. The van der Waals surface area contributed by atoms with Crippen molar-refractivity contribution in [2.24, 2.45) is 5.92 Å². The summed E-state index contributed by atoms with van der Waals surface area (Å²) in [5.41, 5.74) is 1.64. The van der Waals surface area contributed by atoms with Crippen LogP contribution in [0.15, 0.2) is 42.5 Å². The summed E-state index contributed by atoms with van der Waals surface area (Å²) in [5, 5.41) is 3.04. The highest BCUT2D eigenvalue weighted by Crippen LogP contribution is 2.35. The predicted octanol–water partition coefficient (Wildman–Crippen LogP) is 5.16. The summed E-state index contributed by atoms with van der Waals surface area (Å²) < 4.78 is 37.4. The summed E-state index contributed by atoms with van der Waals surface area (Å²) in [6.07, 6.45) is 8.04. The quantitative estimate of drug-likeness (QED) is 0.526. The zero-order valence-corrected chi connectivity index (χ0v) is 20.4. The van der Waals surface area contributed by atoms with Crippen molar-refractivity contribution in [2.75, 3.05) is 33.9 Å². The first-order valence-electron chi connectivity index (χ1n) is 12.3. The average molecular weight is 485 g/mol. The minimum atomic E-state index is -0.656. The molecule has 5 nitrogen and oxygen atoms in total. The molecule has 2 aromatic rings. The lowest BCUT2D eigenvalue weighted by Crippen LogP contribution is -2.37. The molecule has 4 rings (SSSR count). The van der Waals surface area contributed by atoms with Gasteiger partial charge in [-0.2, -0.15) is 0 Å². The smallest absolute Gasteiger partial charge is 0.244 e. The second kappa shape index (κ2) is 11.7. The minimum Gasteiger partial charge on any atom is -0.493 e. The molecule has 7 heteroatoms. The standard InChI is InChI=1S/C28H34F2N2O3/c1-34-26-7-5-22(16-27(26)35-2)21-9-11-32(12-10-21)18-20-3-6-25(15-20)31-28(33)8-4-19-13-23(29)17-24(30)14-19/h4-5,7-8,13-14,16-17,20-21,25H,3,6,9-12,15,18H2,1-2H3,(H,31,33)/b8-4+/t20-,25+/m1/s1. The molecule has 188 valence electrons. The molecule has 1 amide bonds. The van der Waals surface area contributed by atoms with E-state index in [0.29, 0.717) is 17.4 Å². The maximum atomic E-state index is 13.3. The second-order valence-electron chi connectivity index (χ2n) is 9.61. The number of likely N-dealkylation sites (tertiary alicyclic amines) is 1. The van der Waals surface area contributed by atoms with Crippen LogP contribution in [0, 0.1) is 17.6 Å². The van der Waals surface area contributed by atoms with Gasteiger partial charge in [-0.05, 0) is 98.5 Å². The van der Waals surface area contributed by atoms with Crippen molar-refractivity contribution < 1.29 is 23.0 Å². The molecule has 0 aromatic heterocycles. The van der Waals surface area contributed by atoms with Gasteiger partial charge in [0.25, 0.3) is 0 Å². The summed E-state index contributed by atoms with van der Waals surface area (Å²) in [7, 11) is 3.32. The molecule has 0 bridgehead atoms. The molecule has 0 spiro atoms. The number of rotatable bonds is 8. The van der Waals surface area contributed by atoms with E-state index < -0.39 is 11.6 Å². The van der Waals surface area contributed by atoms with Gasteiger partial charge in [0, 0.05) is 24.7 Å². The average Bonchev–Trinajstić information content (AvgIpc) is 3.28. The van der Waals surface area contributed by atoms with Gasteiger partial charge in [0.15, 0.2) is 11.5 Å². The van der Waals surface area contributed by atoms with E-state index in [2.05, 4.69) is 22.3 Å². The SMILES string of the molecule is COc1ccc(C2CCN(C[C@@H]3CC[C@H](NC(=O)/C=C/c4cc(F)cc(F)c4)C3)CC2)cc1OC. The Morgan fingerprint density at radius 2 is 1.71 bits per heavy atom. The Bertz CT molecular complexity index is 1030. The maximum Gasteiger partial charge on any atom is 0.244 e. The summed E-state index contributed by atoms with van der Waals surface area (Å²) in [6, 6.07) is 9.59. The lowest BCUT2D eigenvalue weighted by molar-refractivity contribution is -0.117. The normalized spacial score (nSPS) is 21.4. The third kappa shape index (κ3) is 6.82. The Hall–Kier alpha value is -2.93. The second-order valence-corrected chi connectivity index (χ2v) is 9.61. The molecular formula is C28H34F2N2O3. The van der Waals surface area contributed by atoms with Crippen molar-refractivity contribution in [3.8, 4) is 11.5 Å². The monoisotopic (exact) mass is 484 g/mol. The Balaban J connectivity index is 1.20. The van der Waals surface area contributed by atoms with Crippen molar-refractivity contribution in [1.82, 2.24) is 10.2 Å². The van der Waals surface area contributed by atoms with Gasteiger partial charge in [-0.1, -0.05) is 6.07 Å². The fourth-order valence-corrected chi connectivity index (χ4v) is 5.39. The van der Waals surface area contributed by atoms with Crippen molar-refractivity contribution in [2.45, 2.75) is 44.1 Å². The van der Waals surface area contributed by atoms with Crippen LogP contribution in [-0.2, 0) is 4.79 Å². The van der Waals surface area contributed by atoms with E-state index in [-0.39, 0.29) is 11.9 Å². The zero-order chi connectivity index (χ0) is 24.8. The Labute approximate surface area is 206 Å². The van der Waals surface area contributed by atoms with Crippen LogP contribution in [0.25, 0.3) is 6.08 Å². The highest BCUT2D eigenvalue weighted by Gasteiger charge is 2.29. The molecule has 2 aromatic carbocycles. The van der Waals surface area contributed by atoms with E-state index in [1.807, 2.05) is 6.07 Å². The molecule has 2 aliphatic rings. The van der Waals surface area contributed by atoms with Crippen molar-refractivity contribution in [1.29, 1.82) is 0 Å². The molecule has 1 aliphatic heterocycles. The van der Waals surface area contributed by atoms with Gasteiger partial charge in [-0.15, -0.1) is 0 Å². The number of carbonyl (C=O) groups is 1. The Kier molecular flexibility index (Phi) is 8.39. The van der Waals surface area contributed by atoms with E-state index in [1.165, 1.54) is 29.8 Å². The molecule has 0 radical (unpaired) electrons. The van der Waals surface area contributed by atoms with Crippen LogP contribution in [0.5, 0.6) is 11.5 Å². The largest absolute Gasteiger partial charge is 0.493 e. The Morgan fingerprint density at radius 3 is 2.40 bits per heavy atom. The van der Waals surface area contributed by atoms with Gasteiger partial charge in [0.05, 0.1) is 14.2 Å².